The Hall–Kier alpha value is -2.09. The van der Waals surface area contributed by atoms with Crippen LogP contribution >= 0.6 is 0 Å². The lowest BCUT2D eigenvalue weighted by atomic mass is 10.0. The summed E-state index contributed by atoms with van der Waals surface area (Å²) in [4.78, 5) is 12.2. The summed E-state index contributed by atoms with van der Waals surface area (Å²) in [6.07, 6.45) is 1.26. The van der Waals surface area contributed by atoms with Crippen molar-refractivity contribution < 1.29 is 9.53 Å². The predicted octanol–water partition coefficient (Wildman–Crippen LogP) is 3.82. The molecule has 2 nitrogen and oxygen atoms in total. The van der Waals surface area contributed by atoms with E-state index in [0.717, 1.165) is 12.0 Å². The van der Waals surface area contributed by atoms with E-state index in [9.17, 15) is 4.79 Å². The van der Waals surface area contributed by atoms with Crippen LogP contribution in [0.3, 0.4) is 0 Å². The van der Waals surface area contributed by atoms with Crippen molar-refractivity contribution in [2.75, 3.05) is 7.11 Å². The maximum atomic E-state index is 12.2. The van der Waals surface area contributed by atoms with Crippen LogP contribution in [-0.4, -0.2) is 12.9 Å². The van der Waals surface area contributed by atoms with Gasteiger partial charge in [0.2, 0.25) is 0 Å². The van der Waals surface area contributed by atoms with Crippen LogP contribution in [0.15, 0.2) is 48.5 Å². The van der Waals surface area contributed by atoms with E-state index in [1.165, 1.54) is 5.56 Å². The van der Waals surface area contributed by atoms with Crippen molar-refractivity contribution >= 4 is 5.78 Å². The highest BCUT2D eigenvalue weighted by Gasteiger charge is 2.12. The number of rotatable bonds is 5. The molecule has 0 amide bonds. The molecule has 2 rings (SSSR count). The molecule has 98 valence electrons. The summed E-state index contributed by atoms with van der Waals surface area (Å²) in [5.74, 6) is 0.791. The molecule has 0 N–H and O–H groups in total. The largest absolute Gasteiger partial charge is 0.496 e. The number of methoxy groups -OCH3 is 1. The lowest BCUT2D eigenvalue weighted by Crippen LogP contribution is -2.04. The van der Waals surface area contributed by atoms with Crippen LogP contribution in [0.2, 0.25) is 0 Å². The van der Waals surface area contributed by atoms with Gasteiger partial charge < -0.3 is 4.74 Å². The van der Waals surface area contributed by atoms with E-state index in [0.29, 0.717) is 17.7 Å². The molecule has 0 radical (unpaired) electrons. The fourth-order valence-corrected chi connectivity index (χ4v) is 2.07. The maximum Gasteiger partial charge on any atom is 0.166 e. The third kappa shape index (κ3) is 3.44. The normalized spacial score (nSPS) is 10.2. The average molecular weight is 254 g/mol. The third-order valence-electron chi connectivity index (χ3n) is 3.14. The Morgan fingerprint density at radius 2 is 1.84 bits per heavy atom. The number of hydrogen-bond donors (Lipinski definition) is 0. The van der Waals surface area contributed by atoms with Crippen LogP contribution in [0.4, 0.5) is 0 Å². The number of benzene rings is 2. The summed E-state index contributed by atoms with van der Waals surface area (Å²) < 4.78 is 5.28. The molecular weight excluding hydrogens is 236 g/mol. The van der Waals surface area contributed by atoms with Crippen molar-refractivity contribution in [2.24, 2.45) is 0 Å². The van der Waals surface area contributed by atoms with Gasteiger partial charge in [-0.15, -0.1) is 0 Å². The summed E-state index contributed by atoms with van der Waals surface area (Å²) in [5, 5.41) is 0. The van der Waals surface area contributed by atoms with Crippen LogP contribution in [0.25, 0.3) is 0 Å². The van der Waals surface area contributed by atoms with Gasteiger partial charge in [-0.2, -0.15) is 0 Å². The summed E-state index contributed by atoms with van der Waals surface area (Å²) in [6, 6.07) is 15.7. The maximum absolute atomic E-state index is 12.2. The van der Waals surface area contributed by atoms with Crippen LogP contribution in [0.5, 0.6) is 5.75 Å². The van der Waals surface area contributed by atoms with Crippen molar-refractivity contribution in [1.29, 1.82) is 0 Å². The fourth-order valence-electron chi connectivity index (χ4n) is 2.07. The highest BCUT2D eigenvalue weighted by atomic mass is 16.5. The van der Waals surface area contributed by atoms with Crippen molar-refractivity contribution in [3.63, 3.8) is 0 Å². The number of ketones is 1. The molecule has 0 fully saturated rings. The van der Waals surface area contributed by atoms with Crippen LogP contribution in [0, 0.1) is 6.92 Å². The lowest BCUT2D eigenvalue weighted by molar-refractivity contribution is 0.0980. The average Bonchev–Trinajstić information content (AvgIpc) is 2.45. The number of Topliss-reactive ketones (excluding diaryl/α,β-unsaturated/α-hetero) is 1. The van der Waals surface area contributed by atoms with Gasteiger partial charge in [0.25, 0.3) is 0 Å². The molecular formula is C17H18O2. The Morgan fingerprint density at radius 1 is 1.11 bits per heavy atom. The van der Waals surface area contributed by atoms with Crippen molar-refractivity contribution in [1.82, 2.24) is 0 Å². The van der Waals surface area contributed by atoms with E-state index in [-0.39, 0.29) is 5.78 Å². The number of carbonyl (C=O) groups is 1. The first kappa shape index (κ1) is 13.3. The first-order valence-corrected chi connectivity index (χ1v) is 6.42. The van der Waals surface area contributed by atoms with Gasteiger partial charge in [-0.25, -0.2) is 0 Å². The fraction of sp³-hybridized carbons (Fsp3) is 0.235. The topological polar surface area (TPSA) is 26.3 Å². The highest BCUT2D eigenvalue weighted by Crippen LogP contribution is 2.22. The van der Waals surface area contributed by atoms with E-state index < -0.39 is 0 Å². The van der Waals surface area contributed by atoms with Gasteiger partial charge in [0.15, 0.2) is 5.78 Å². The molecule has 0 spiro atoms. The van der Waals surface area contributed by atoms with Gasteiger partial charge >= 0.3 is 0 Å². The van der Waals surface area contributed by atoms with Gasteiger partial charge in [-0.1, -0.05) is 36.4 Å². The minimum atomic E-state index is 0.126. The molecule has 0 aliphatic heterocycles. The van der Waals surface area contributed by atoms with Gasteiger partial charge in [0.1, 0.15) is 5.75 Å². The van der Waals surface area contributed by atoms with E-state index in [1.807, 2.05) is 55.5 Å². The number of ether oxygens (including phenoxy) is 1. The smallest absolute Gasteiger partial charge is 0.166 e. The van der Waals surface area contributed by atoms with E-state index in [2.05, 4.69) is 0 Å². The predicted molar refractivity (Wildman–Crippen MR) is 76.8 cm³/mol. The van der Waals surface area contributed by atoms with E-state index in [4.69, 9.17) is 4.74 Å². The van der Waals surface area contributed by atoms with Crippen molar-refractivity contribution in [3.05, 3.63) is 65.2 Å². The standard InChI is InChI=1S/C17H18O2/c1-13-8-10-15(17(12-13)19-2)16(18)11-9-14-6-4-3-5-7-14/h3-8,10,12H,9,11H2,1-2H3. The molecule has 0 aliphatic carbocycles. The van der Waals surface area contributed by atoms with Crippen LogP contribution in [-0.2, 0) is 6.42 Å². The molecule has 2 aromatic rings. The van der Waals surface area contributed by atoms with Crippen molar-refractivity contribution in [2.45, 2.75) is 19.8 Å². The Bertz CT molecular complexity index is 559. The SMILES string of the molecule is COc1cc(C)ccc1C(=O)CCc1ccccc1. The molecule has 0 saturated carbocycles. The third-order valence-corrected chi connectivity index (χ3v) is 3.14. The molecule has 2 aromatic carbocycles. The summed E-state index contributed by atoms with van der Waals surface area (Å²) in [5.41, 5.74) is 2.95. The summed E-state index contributed by atoms with van der Waals surface area (Å²) in [6.45, 7) is 1.99. The zero-order chi connectivity index (χ0) is 13.7. The molecule has 2 heteroatoms. The minimum Gasteiger partial charge on any atom is -0.496 e. The Labute approximate surface area is 114 Å². The second-order valence-electron chi connectivity index (χ2n) is 4.61. The van der Waals surface area contributed by atoms with Crippen LogP contribution < -0.4 is 4.74 Å². The van der Waals surface area contributed by atoms with Crippen LogP contribution in [0.1, 0.15) is 27.9 Å². The monoisotopic (exact) mass is 254 g/mol. The number of hydrogen-bond acceptors (Lipinski definition) is 2. The zero-order valence-electron chi connectivity index (χ0n) is 11.3. The molecule has 0 saturated heterocycles. The van der Waals surface area contributed by atoms with Gasteiger partial charge in [0, 0.05) is 6.42 Å². The first-order chi connectivity index (χ1) is 9.20. The molecule has 0 bridgehead atoms. The summed E-state index contributed by atoms with van der Waals surface area (Å²) in [7, 11) is 1.60. The van der Waals surface area contributed by atoms with E-state index in [1.54, 1.807) is 7.11 Å². The second kappa shape index (κ2) is 6.19. The summed E-state index contributed by atoms with van der Waals surface area (Å²) >= 11 is 0. The van der Waals surface area contributed by atoms with Gasteiger partial charge in [0.05, 0.1) is 12.7 Å². The molecule has 0 atom stereocenters. The van der Waals surface area contributed by atoms with E-state index >= 15 is 0 Å². The van der Waals surface area contributed by atoms with Gasteiger partial charge in [-0.3, -0.25) is 4.79 Å². The molecule has 0 unspecified atom stereocenters. The van der Waals surface area contributed by atoms with Gasteiger partial charge in [-0.05, 0) is 36.6 Å². The Morgan fingerprint density at radius 3 is 2.53 bits per heavy atom. The number of carbonyl (C=O) groups excluding carboxylic acids is 1. The molecule has 0 aromatic heterocycles. The minimum absolute atomic E-state index is 0.126. The number of aryl methyl sites for hydroxylation is 2. The van der Waals surface area contributed by atoms with Crippen molar-refractivity contribution in [3.8, 4) is 5.75 Å². The Kier molecular flexibility index (Phi) is 4.35. The first-order valence-electron chi connectivity index (χ1n) is 6.42. The lowest BCUT2D eigenvalue weighted by Gasteiger charge is -2.08. The highest BCUT2D eigenvalue weighted by molar-refractivity contribution is 5.98. The molecule has 19 heavy (non-hydrogen) atoms. The zero-order valence-corrected chi connectivity index (χ0v) is 11.3. The Balaban J connectivity index is 2.08. The second-order valence-corrected chi connectivity index (χ2v) is 4.61. The molecule has 0 heterocycles. The molecule has 0 aliphatic rings. The quantitative estimate of drug-likeness (QED) is 0.758.